The van der Waals surface area contributed by atoms with Gasteiger partial charge in [0.15, 0.2) is 0 Å². The van der Waals surface area contributed by atoms with E-state index >= 15 is 0 Å². The van der Waals surface area contributed by atoms with Crippen molar-refractivity contribution in [3.63, 3.8) is 0 Å². The Morgan fingerprint density at radius 2 is 1.71 bits per heavy atom. The lowest BCUT2D eigenvalue weighted by Gasteiger charge is -2.11. The van der Waals surface area contributed by atoms with Crippen molar-refractivity contribution in [2.75, 3.05) is 0 Å². The predicted octanol–water partition coefficient (Wildman–Crippen LogP) is 3.68. The van der Waals surface area contributed by atoms with E-state index in [1.165, 1.54) is 31.2 Å². The van der Waals surface area contributed by atoms with Crippen LogP contribution in [0.2, 0.25) is 0 Å². The largest absolute Gasteiger partial charge is 0.0882 e. The summed E-state index contributed by atoms with van der Waals surface area (Å²) in [5.74, 6) is 0. The van der Waals surface area contributed by atoms with Gasteiger partial charge in [-0.2, -0.15) is 0 Å². The third-order valence-electron chi connectivity index (χ3n) is 3.01. The maximum absolute atomic E-state index is 2.40. The molecule has 0 unspecified atom stereocenters. The first kappa shape index (κ1) is 9.51. The number of benzene rings is 1. The second-order valence-electron chi connectivity index (χ2n) is 4.01. The average Bonchev–Trinajstić information content (AvgIpc) is 2.18. The van der Waals surface area contributed by atoms with E-state index in [-0.39, 0.29) is 0 Å². The molecule has 74 valence electrons. The molecule has 1 aliphatic rings. The van der Waals surface area contributed by atoms with E-state index in [1.54, 1.807) is 11.1 Å². The topological polar surface area (TPSA) is 0 Å². The van der Waals surface area contributed by atoms with Gasteiger partial charge in [0.25, 0.3) is 0 Å². The lowest BCUT2D eigenvalue weighted by atomic mass is 9.94. The monoisotopic (exact) mass is 186 g/mol. The quantitative estimate of drug-likeness (QED) is 0.587. The summed E-state index contributed by atoms with van der Waals surface area (Å²) in [6, 6.07) is 7.01. The van der Waals surface area contributed by atoms with Gasteiger partial charge in [0.1, 0.15) is 0 Å². The minimum atomic E-state index is 1.16. The van der Waals surface area contributed by atoms with Crippen LogP contribution in [-0.2, 0) is 19.3 Å². The van der Waals surface area contributed by atoms with Crippen LogP contribution in [0.25, 0.3) is 0 Å². The average molecular weight is 186 g/mol. The number of hydrogen-bond donors (Lipinski definition) is 0. The lowest BCUT2D eigenvalue weighted by molar-refractivity contribution is 0.887. The van der Waals surface area contributed by atoms with E-state index < -0.39 is 0 Å². The molecule has 1 aliphatic carbocycles. The third kappa shape index (κ3) is 2.06. The van der Waals surface area contributed by atoms with Gasteiger partial charge in [-0.05, 0) is 48.8 Å². The van der Waals surface area contributed by atoms with Crippen LogP contribution in [0.5, 0.6) is 0 Å². The molecule has 0 spiro atoms. The SMILES string of the molecule is CCc1ccc2c(c1)CC/C=C\CC2. The van der Waals surface area contributed by atoms with Gasteiger partial charge in [0.05, 0.1) is 0 Å². The van der Waals surface area contributed by atoms with Gasteiger partial charge in [0.2, 0.25) is 0 Å². The van der Waals surface area contributed by atoms with Gasteiger partial charge < -0.3 is 0 Å². The maximum Gasteiger partial charge on any atom is -0.0241 e. The highest BCUT2D eigenvalue weighted by Gasteiger charge is 2.04. The first-order chi connectivity index (χ1) is 6.90. The zero-order valence-corrected chi connectivity index (χ0v) is 8.92. The number of aryl methyl sites for hydroxylation is 3. The zero-order valence-electron chi connectivity index (χ0n) is 8.92. The van der Waals surface area contributed by atoms with Gasteiger partial charge in [-0.3, -0.25) is 0 Å². The smallest absolute Gasteiger partial charge is 0.0241 e. The van der Waals surface area contributed by atoms with Crippen molar-refractivity contribution < 1.29 is 0 Å². The van der Waals surface area contributed by atoms with Crippen molar-refractivity contribution in [3.8, 4) is 0 Å². The molecule has 2 rings (SSSR count). The Bertz CT molecular complexity index is 334. The summed E-state index contributed by atoms with van der Waals surface area (Å²) in [4.78, 5) is 0. The number of allylic oxidation sites excluding steroid dienone is 2. The van der Waals surface area contributed by atoms with Gasteiger partial charge in [-0.25, -0.2) is 0 Å². The second kappa shape index (κ2) is 4.45. The molecule has 1 aromatic rings. The minimum absolute atomic E-state index is 1.16. The summed E-state index contributed by atoms with van der Waals surface area (Å²) in [6.45, 7) is 2.23. The van der Waals surface area contributed by atoms with Crippen molar-refractivity contribution in [2.45, 2.75) is 39.0 Å². The lowest BCUT2D eigenvalue weighted by Crippen LogP contribution is -1.98. The van der Waals surface area contributed by atoms with E-state index in [0.29, 0.717) is 0 Å². The molecule has 0 heterocycles. The molecule has 0 saturated carbocycles. The summed E-state index contributed by atoms with van der Waals surface area (Å²) >= 11 is 0. The fraction of sp³-hybridized carbons (Fsp3) is 0.429. The highest BCUT2D eigenvalue weighted by atomic mass is 14.1. The van der Waals surface area contributed by atoms with Crippen LogP contribution in [-0.4, -0.2) is 0 Å². The van der Waals surface area contributed by atoms with Crippen molar-refractivity contribution in [2.24, 2.45) is 0 Å². The Labute approximate surface area is 86.7 Å². The fourth-order valence-electron chi connectivity index (χ4n) is 2.09. The molecule has 0 saturated heterocycles. The van der Waals surface area contributed by atoms with Crippen LogP contribution >= 0.6 is 0 Å². The van der Waals surface area contributed by atoms with Crippen molar-refractivity contribution >= 4 is 0 Å². The standard InChI is InChI=1S/C14H18/c1-2-12-9-10-13-7-5-3-4-6-8-14(13)11-12/h3-4,9-11H,2,5-8H2,1H3/b4-3-. The summed E-state index contributed by atoms with van der Waals surface area (Å²) < 4.78 is 0. The van der Waals surface area contributed by atoms with Crippen LogP contribution in [0.15, 0.2) is 30.4 Å². The summed E-state index contributed by atoms with van der Waals surface area (Å²) in [5, 5.41) is 0. The first-order valence-corrected chi connectivity index (χ1v) is 5.66. The number of hydrogen-bond acceptors (Lipinski definition) is 0. The normalized spacial score (nSPS) is 18.1. The van der Waals surface area contributed by atoms with Gasteiger partial charge >= 0.3 is 0 Å². The Hall–Kier alpha value is -1.04. The molecule has 0 fully saturated rings. The van der Waals surface area contributed by atoms with E-state index in [1.807, 2.05) is 0 Å². The van der Waals surface area contributed by atoms with Crippen LogP contribution in [0.4, 0.5) is 0 Å². The van der Waals surface area contributed by atoms with E-state index in [0.717, 1.165) is 6.42 Å². The van der Waals surface area contributed by atoms with Crippen LogP contribution in [0.1, 0.15) is 36.5 Å². The molecule has 0 heteroatoms. The molecular weight excluding hydrogens is 168 g/mol. The third-order valence-corrected chi connectivity index (χ3v) is 3.01. The molecule has 1 aromatic carbocycles. The highest BCUT2D eigenvalue weighted by molar-refractivity contribution is 5.33. The second-order valence-corrected chi connectivity index (χ2v) is 4.01. The molecule has 0 bridgehead atoms. The minimum Gasteiger partial charge on any atom is -0.0882 e. The molecule has 0 nitrogen and oxygen atoms in total. The van der Waals surface area contributed by atoms with Crippen molar-refractivity contribution in [3.05, 3.63) is 47.0 Å². The Balaban J connectivity index is 2.29. The predicted molar refractivity (Wildman–Crippen MR) is 61.6 cm³/mol. The fourth-order valence-corrected chi connectivity index (χ4v) is 2.09. The molecule has 0 aliphatic heterocycles. The van der Waals surface area contributed by atoms with Crippen LogP contribution in [0.3, 0.4) is 0 Å². The van der Waals surface area contributed by atoms with Crippen LogP contribution in [0, 0.1) is 0 Å². The highest BCUT2D eigenvalue weighted by Crippen LogP contribution is 2.18. The van der Waals surface area contributed by atoms with E-state index in [4.69, 9.17) is 0 Å². The Kier molecular flexibility index (Phi) is 3.03. The Morgan fingerprint density at radius 3 is 2.43 bits per heavy atom. The molecule has 0 radical (unpaired) electrons. The molecule has 0 N–H and O–H groups in total. The first-order valence-electron chi connectivity index (χ1n) is 5.66. The van der Waals surface area contributed by atoms with Gasteiger partial charge in [-0.1, -0.05) is 37.3 Å². The summed E-state index contributed by atoms with van der Waals surface area (Å²) in [7, 11) is 0. The van der Waals surface area contributed by atoms with Crippen molar-refractivity contribution in [1.82, 2.24) is 0 Å². The molecule has 0 amide bonds. The Morgan fingerprint density at radius 1 is 1.00 bits per heavy atom. The molecule has 0 atom stereocenters. The molecular formula is C14H18. The van der Waals surface area contributed by atoms with Crippen molar-refractivity contribution in [1.29, 1.82) is 0 Å². The number of fused-ring (bicyclic) bond motifs is 1. The molecule has 0 aromatic heterocycles. The van der Waals surface area contributed by atoms with E-state index in [2.05, 4.69) is 37.3 Å². The van der Waals surface area contributed by atoms with E-state index in [9.17, 15) is 0 Å². The van der Waals surface area contributed by atoms with Gasteiger partial charge in [-0.15, -0.1) is 0 Å². The number of rotatable bonds is 1. The van der Waals surface area contributed by atoms with Gasteiger partial charge in [0, 0.05) is 0 Å². The van der Waals surface area contributed by atoms with Crippen LogP contribution < -0.4 is 0 Å². The molecule has 14 heavy (non-hydrogen) atoms. The zero-order chi connectivity index (χ0) is 9.80. The summed E-state index contributed by atoms with van der Waals surface area (Å²) in [5.41, 5.74) is 4.62. The maximum atomic E-state index is 2.40. The summed E-state index contributed by atoms with van der Waals surface area (Å²) in [6.07, 6.45) is 10.6.